The zero-order valence-corrected chi connectivity index (χ0v) is 12.6. The van der Waals surface area contributed by atoms with Gasteiger partial charge < -0.3 is 20.6 Å². The standard InChI is InChI=1S/C13H27N3O3/c1-9(2)11(8-12(17)18)15-13(19)14-6-7-16(5)10(3)4/h9-11H,6-8H2,1-5H3,(H,17,18)(H2,14,15,19). The first kappa shape index (κ1) is 17.7. The molecule has 6 nitrogen and oxygen atoms in total. The molecule has 19 heavy (non-hydrogen) atoms. The smallest absolute Gasteiger partial charge is 0.315 e. The maximum atomic E-state index is 11.7. The molecule has 0 radical (unpaired) electrons. The number of rotatable bonds is 8. The van der Waals surface area contributed by atoms with Gasteiger partial charge in [0.2, 0.25) is 0 Å². The van der Waals surface area contributed by atoms with Crippen LogP contribution in [-0.4, -0.2) is 54.2 Å². The van der Waals surface area contributed by atoms with Gasteiger partial charge in [0.25, 0.3) is 0 Å². The van der Waals surface area contributed by atoms with E-state index in [1.54, 1.807) is 0 Å². The van der Waals surface area contributed by atoms with Crippen LogP contribution in [0.25, 0.3) is 0 Å². The van der Waals surface area contributed by atoms with E-state index in [1.807, 2.05) is 20.9 Å². The van der Waals surface area contributed by atoms with Crippen LogP contribution < -0.4 is 10.6 Å². The summed E-state index contributed by atoms with van der Waals surface area (Å²) in [6.45, 7) is 9.25. The lowest BCUT2D eigenvalue weighted by Crippen LogP contribution is -2.47. The van der Waals surface area contributed by atoms with Gasteiger partial charge in [0.15, 0.2) is 0 Å². The van der Waals surface area contributed by atoms with Crippen LogP contribution >= 0.6 is 0 Å². The van der Waals surface area contributed by atoms with Gasteiger partial charge in [-0.25, -0.2) is 4.79 Å². The molecule has 1 atom stereocenters. The number of urea groups is 1. The van der Waals surface area contributed by atoms with Gasteiger partial charge in [0.1, 0.15) is 0 Å². The average molecular weight is 273 g/mol. The SMILES string of the molecule is CC(C)C(CC(=O)O)NC(=O)NCCN(C)C(C)C. The van der Waals surface area contributed by atoms with Crippen molar-refractivity contribution in [3.8, 4) is 0 Å². The largest absolute Gasteiger partial charge is 0.481 e. The van der Waals surface area contributed by atoms with Crippen LogP contribution in [0.1, 0.15) is 34.1 Å². The van der Waals surface area contributed by atoms with Gasteiger partial charge in [-0.05, 0) is 26.8 Å². The van der Waals surface area contributed by atoms with Crippen molar-refractivity contribution >= 4 is 12.0 Å². The van der Waals surface area contributed by atoms with E-state index in [0.29, 0.717) is 12.6 Å². The molecule has 0 spiro atoms. The van der Waals surface area contributed by atoms with Gasteiger partial charge in [-0.1, -0.05) is 13.8 Å². The van der Waals surface area contributed by atoms with Crippen molar-refractivity contribution in [2.45, 2.75) is 46.2 Å². The second-order valence-electron chi connectivity index (χ2n) is 5.42. The molecule has 0 aliphatic rings. The summed E-state index contributed by atoms with van der Waals surface area (Å²) in [5, 5.41) is 14.2. The third-order valence-electron chi connectivity index (χ3n) is 3.15. The quantitative estimate of drug-likeness (QED) is 0.619. The van der Waals surface area contributed by atoms with Gasteiger partial charge >= 0.3 is 12.0 Å². The monoisotopic (exact) mass is 273 g/mol. The summed E-state index contributed by atoms with van der Waals surface area (Å²) in [5.74, 6) is -0.821. The summed E-state index contributed by atoms with van der Waals surface area (Å²) < 4.78 is 0. The predicted octanol–water partition coefficient (Wildman–Crippen LogP) is 1.13. The molecule has 0 fully saturated rings. The fourth-order valence-electron chi connectivity index (χ4n) is 1.46. The fourth-order valence-corrected chi connectivity index (χ4v) is 1.46. The maximum Gasteiger partial charge on any atom is 0.315 e. The molecule has 1 unspecified atom stereocenters. The predicted molar refractivity (Wildman–Crippen MR) is 75.2 cm³/mol. The average Bonchev–Trinajstić information content (AvgIpc) is 2.26. The van der Waals surface area contributed by atoms with Crippen molar-refractivity contribution in [3.63, 3.8) is 0 Å². The highest BCUT2D eigenvalue weighted by Gasteiger charge is 2.19. The molecular weight excluding hydrogens is 246 g/mol. The number of carbonyl (C=O) groups excluding carboxylic acids is 1. The number of aliphatic carboxylic acids is 1. The second kappa shape index (κ2) is 8.74. The van der Waals surface area contributed by atoms with Gasteiger partial charge in [-0.3, -0.25) is 4.79 Å². The molecular formula is C13H27N3O3. The van der Waals surface area contributed by atoms with Crippen molar-refractivity contribution < 1.29 is 14.7 Å². The molecule has 0 aliphatic carbocycles. The van der Waals surface area contributed by atoms with Crippen LogP contribution in [0.15, 0.2) is 0 Å². The lowest BCUT2D eigenvalue weighted by molar-refractivity contribution is -0.137. The van der Waals surface area contributed by atoms with Gasteiger partial charge in [-0.15, -0.1) is 0 Å². The van der Waals surface area contributed by atoms with Crippen molar-refractivity contribution in [3.05, 3.63) is 0 Å². The molecule has 0 heterocycles. The number of hydrogen-bond acceptors (Lipinski definition) is 3. The molecule has 6 heteroatoms. The number of likely N-dealkylation sites (N-methyl/N-ethyl adjacent to an activating group) is 1. The van der Waals surface area contributed by atoms with E-state index in [2.05, 4.69) is 29.4 Å². The van der Waals surface area contributed by atoms with Gasteiger partial charge in [0.05, 0.1) is 6.42 Å². The van der Waals surface area contributed by atoms with Crippen molar-refractivity contribution in [1.82, 2.24) is 15.5 Å². The maximum absolute atomic E-state index is 11.7. The summed E-state index contributed by atoms with van der Waals surface area (Å²) in [4.78, 5) is 24.5. The molecule has 0 bridgehead atoms. The van der Waals surface area contributed by atoms with Crippen LogP contribution in [0.2, 0.25) is 0 Å². The Balaban J connectivity index is 4.03. The van der Waals surface area contributed by atoms with E-state index in [4.69, 9.17) is 5.11 Å². The topological polar surface area (TPSA) is 81.7 Å². The van der Waals surface area contributed by atoms with E-state index < -0.39 is 5.97 Å². The second-order valence-corrected chi connectivity index (χ2v) is 5.42. The molecule has 2 amide bonds. The molecule has 0 saturated carbocycles. The van der Waals surface area contributed by atoms with Crippen LogP contribution in [-0.2, 0) is 4.79 Å². The van der Waals surface area contributed by atoms with Gasteiger partial charge in [0, 0.05) is 25.2 Å². The normalized spacial score (nSPS) is 12.8. The Labute approximate surface area is 115 Å². The van der Waals surface area contributed by atoms with E-state index in [0.717, 1.165) is 6.54 Å². The van der Waals surface area contributed by atoms with Gasteiger partial charge in [-0.2, -0.15) is 0 Å². The summed E-state index contributed by atoms with van der Waals surface area (Å²) in [5.41, 5.74) is 0. The van der Waals surface area contributed by atoms with Crippen LogP contribution in [0.4, 0.5) is 4.79 Å². The molecule has 0 saturated heterocycles. The Morgan fingerprint density at radius 1 is 1.21 bits per heavy atom. The van der Waals surface area contributed by atoms with E-state index in [-0.39, 0.29) is 24.4 Å². The van der Waals surface area contributed by atoms with Crippen LogP contribution in [0.3, 0.4) is 0 Å². The number of hydrogen-bond donors (Lipinski definition) is 3. The molecule has 3 N–H and O–H groups in total. The van der Waals surface area contributed by atoms with Crippen LogP contribution in [0.5, 0.6) is 0 Å². The zero-order chi connectivity index (χ0) is 15.0. The zero-order valence-electron chi connectivity index (χ0n) is 12.6. The number of nitrogens with one attached hydrogen (secondary N) is 2. The molecule has 0 aromatic heterocycles. The Morgan fingerprint density at radius 2 is 1.79 bits per heavy atom. The first-order chi connectivity index (χ1) is 8.73. The van der Waals surface area contributed by atoms with E-state index in [1.165, 1.54) is 0 Å². The highest BCUT2D eigenvalue weighted by atomic mass is 16.4. The minimum Gasteiger partial charge on any atom is -0.481 e. The lowest BCUT2D eigenvalue weighted by Gasteiger charge is -2.23. The van der Waals surface area contributed by atoms with Crippen molar-refractivity contribution in [1.29, 1.82) is 0 Å². The van der Waals surface area contributed by atoms with E-state index in [9.17, 15) is 9.59 Å². The Kier molecular flexibility index (Phi) is 8.14. The Hall–Kier alpha value is -1.30. The summed E-state index contributed by atoms with van der Waals surface area (Å²) in [6, 6.07) is -0.224. The Bertz CT molecular complexity index is 293. The highest BCUT2D eigenvalue weighted by molar-refractivity contribution is 5.75. The summed E-state index contributed by atoms with van der Waals surface area (Å²) >= 11 is 0. The number of carbonyl (C=O) groups is 2. The third kappa shape index (κ3) is 8.42. The first-order valence-electron chi connectivity index (χ1n) is 6.70. The molecule has 0 aliphatic heterocycles. The third-order valence-corrected chi connectivity index (χ3v) is 3.15. The lowest BCUT2D eigenvalue weighted by atomic mass is 10.0. The highest BCUT2D eigenvalue weighted by Crippen LogP contribution is 2.05. The number of amides is 2. The molecule has 0 rings (SSSR count). The molecule has 112 valence electrons. The van der Waals surface area contributed by atoms with Crippen molar-refractivity contribution in [2.75, 3.05) is 20.1 Å². The summed E-state index contributed by atoms with van der Waals surface area (Å²) in [6.07, 6.45) is -0.0585. The molecule has 0 aromatic rings. The number of carboxylic acids is 1. The van der Waals surface area contributed by atoms with E-state index >= 15 is 0 Å². The summed E-state index contributed by atoms with van der Waals surface area (Å²) in [7, 11) is 1.99. The van der Waals surface area contributed by atoms with Crippen LogP contribution in [0, 0.1) is 5.92 Å². The molecule has 0 aromatic carbocycles. The minimum absolute atomic E-state index is 0.0585. The fraction of sp³-hybridized carbons (Fsp3) is 0.846. The number of nitrogens with zero attached hydrogens (tertiary/aromatic N) is 1. The Morgan fingerprint density at radius 3 is 2.21 bits per heavy atom. The van der Waals surface area contributed by atoms with Crippen molar-refractivity contribution in [2.24, 2.45) is 5.92 Å². The number of carboxylic acid groups (broad SMARTS) is 1. The minimum atomic E-state index is -0.904. The first-order valence-corrected chi connectivity index (χ1v) is 6.70.